The molecule has 0 radical (unpaired) electrons. The number of rotatable bonds is 5. The number of hydrogen-bond donors (Lipinski definition) is 1. The van der Waals surface area contributed by atoms with Gasteiger partial charge in [0.05, 0.1) is 18.4 Å². The second-order valence-corrected chi connectivity index (χ2v) is 4.03. The van der Waals surface area contributed by atoms with Crippen molar-refractivity contribution < 1.29 is 22.7 Å². The summed E-state index contributed by atoms with van der Waals surface area (Å²) in [6.45, 7) is 4.30. The molecule has 0 amide bonds. The van der Waals surface area contributed by atoms with Crippen LogP contribution in [0.3, 0.4) is 0 Å². The van der Waals surface area contributed by atoms with Crippen molar-refractivity contribution in [3.63, 3.8) is 0 Å². The second-order valence-electron chi connectivity index (χ2n) is 4.03. The molecule has 0 fully saturated rings. The van der Waals surface area contributed by atoms with Crippen LogP contribution in [-0.4, -0.2) is 25.3 Å². The topological polar surface area (TPSA) is 52.3 Å². The quantitative estimate of drug-likeness (QED) is 0.750. The van der Waals surface area contributed by atoms with Crippen molar-refractivity contribution in [1.82, 2.24) is 0 Å². The van der Waals surface area contributed by atoms with Gasteiger partial charge >= 0.3 is 12.1 Å². The number of hydrogen-bond acceptors (Lipinski definition) is 3. The monoisotopic (exact) mass is 241 g/mol. The molecule has 6 heteroatoms. The van der Waals surface area contributed by atoms with Crippen LogP contribution in [0.15, 0.2) is 0 Å². The number of nitrogens with two attached hydrogens (primary N) is 1. The van der Waals surface area contributed by atoms with Gasteiger partial charge in [-0.3, -0.25) is 4.79 Å². The predicted molar refractivity (Wildman–Crippen MR) is 53.6 cm³/mol. The average molecular weight is 241 g/mol. The van der Waals surface area contributed by atoms with E-state index in [4.69, 9.17) is 5.73 Å². The zero-order valence-electron chi connectivity index (χ0n) is 9.73. The summed E-state index contributed by atoms with van der Waals surface area (Å²) in [7, 11) is 0. The highest BCUT2D eigenvalue weighted by atomic mass is 19.4. The smallest absolute Gasteiger partial charge is 0.390 e. The maximum Gasteiger partial charge on any atom is 0.390 e. The van der Waals surface area contributed by atoms with E-state index < -0.39 is 29.9 Å². The molecule has 0 heterocycles. The van der Waals surface area contributed by atoms with Crippen molar-refractivity contribution in [1.29, 1.82) is 0 Å². The average Bonchev–Trinajstić information content (AvgIpc) is 2.12. The first-order valence-corrected chi connectivity index (χ1v) is 5.13. The van der Waals surface area contributed by atoms with Crippen LogP contribution in [0.2, 0.25) is 0 Å². The number of ether oxygens (including phenoxy) is 1. The zero-order chi connectivity index (χ0) is 13.0. The maximum absolute atomic E-state index is 12.4. The van der Waals surface area contributed by atoms with Gasteiger partial charge in [-0.25, -0.2) is 0 Å². The van der Waals surface area contributed by atoms with Crippen LogP contribution in [0, 0.1) is 11.3 Å². The Morgan fingerprint density at radius 3 is 2.12 bits per heavy atom. The van der Waals surface area contributed by atoms with Gasteiger partial charge in [0.25, 0.3) is 0 Å². The lowest BCUT2D eigenvalue weighted by atomic mass is 9.74. The van der Waals surface area contributed by atoms with Gasteiger partial charge in [-0.15, -0.1) is 0 Å². The molecule has 0 aliphatic heterocycles. The van der Waals surface area contributed by atoms with E-state index in [-0.39, 0.29) is 13.2 Å². The van der Waals surface area contributed by atoms with Gasteiger partial charge in [0.15, 0.2) is 0 Å². The molecule has 0 spiro atoms. The molecule has 0 rings (SSSR count). The van der Waals surface area contributed by atoms with Crippen molar-refractivity contribution in [3.05, 3.63) is 0 Å². The van der Waals surface area contributed by atoms with E-state index in [1.165, 1.54) is 13.8 Å². The van der Waals surface area contributed by atoms with E-state index in [1.807, 2.05) is 0 Å². The number of esters is 1. The molecule has 0 aromatic heterocycles. The Morgan fingerprint density at radius 1 is 1.38 bits per heavy atom. The van der Waals surface area contributed by atoms with Crippen LogP contribution in [0.25, 0.3) is 0 Å². The minimum atomic E-state index is -4.43. The van der Waals surface area contributed by atoms with Crippen LogP contribution in [0.5, 0.6) is 0 Å². The Bertz CT molecular complexity index is 241. The standard InChI is InChI=1S/C10H18F3NO2/c1-4-16-8(15)9(6-14,7(2)3)5-10(11,12)13/h7H,4-6,14H2,1-3H3. The molecule has 16 heavy (non-hydrogen) atoms. The van der Waals surface area contributed by atoms with Gasteiger partial charge in [0.1, 0.15) is 0 Å². The molecule has 96 valence electrons. The highest BCUT2D eigenvalue weighted by Gasteiger charge is 2.50. The molecule has 0 saturated carbocycles. The second kappa shape index (κ2) is 5.52. The first kappa shape index (κ1) is 15.2. The van der Waals surface area contributed by atoms with E-state index >= 15 is 0 Å². The first-order valence-electron chi connectivity index (χ1n) is 5.13. The molecule has 0 aliphatic carbocycles. The third-order valence-corrected chi connectivity index (χ3v) is 2.67. The molecule has 0 aliphatic rings. The Kier molecular flexibility index (Phi) is 5.25. The predicted octanol–water partition coefficient (Wildman–Crippen LogP) is 2.10. The summed E-state index contributed by atoms with van der Waals surface area (Å²) in [6.07, 6.45) is -5.68. The van der Waals surface area contributed by atoms with Crippen molar-refractivity contribution in [3.8, 4) is 0 Å². The van der Waals surface area contributed by atoms with E-state index in [2.05, 4.69) is 4.74 Å². The molecule has 1 unspecified atom stereocenters. The molecule has 0 saturated heterocycles. The summed E-state index contributed by atoms with van der Waals surface area (Å²) in [5, 5.41) is 0. The SMILES string of the molecule is CCOC(=O)C(CN)(CC(F)(F)F)C(C)C. The minimum Gasteiger partial charge on any atom is -0.466 e. The normalized spacial score (nSPS) is 16.0. The fourth-order valence-electron chi connectivity index (χ4n) is 1.54. The Morgan fingerprint density at radius 2 is 1.88 bits per heavy atom. The lowest BCUT2D eigenvalue weighted by Gasteiger charge is -2.34. The van der Waals surface area contributed by atoms with Gasteiger partial charge < -0.3 is 10.5 Å². The largest absolute Gasteiger partial charge is 0.466 e. The summed E-state index contributed by atoms with van der Waals surface area (Å²) in [6, 6.07) is 0. The first-order chi connectivity index (χ1) is 7.19. The van der Waals surface area contributed by atoms with E-state index in [0.717, 1.165) is 0 Å². The lowest BCUT2D eigenvalue weighted by molar-refractivity contribution is -0.187. The fourth-order valence-corrected chi connectivity index (χ4v) is 1.54. The number of carbonyl (C=O) groups is 1. The molecule has 0 bridgehead atoms. The Labute approximate surface area is 93.1 Å². The zero-order valence-corrected chi connectivity index (χ0v) is 9.73. The molecule has 1 atom stereocenters. The summed E-state index contributed by atoms with van der Waals surface area (Å²) < 4.78 is 42.0. The molecular formula is C10H18F3NO2. The van der Waals surface area contributed by atoms with E-state index in [0.29, 0.717) is 0 Å². The highest BCUT2D eigenvalue weighted by Crippen LogP contribution is 2.39. The fraction of sp³-hybridized carbons (Fsp3) is 0.900. The van der Waals surface area contributed by atoms with Crippen molar-refractivity contribution in [2.75, 3.05) is 13.2 Å². The summed E-state index contributed by atoms with van der Waals surface area (Å²) in [4.78, 5) is 11.6. The Hall–Kier alpha value is -0.780. The lowest BCUT2D eigenvalue weighted by Crippen LogP contribution is -2.47. The van der Waals surface area contributed by atoms with Gasteiger partial charge in [-0.1, -0.05) is 13.8 Å². The highest BCUT2D eigenvalue weighted by molar-refractivity contribution is 5.77. The third-order valence-electron chi connectivity index (χ3n) is 2.67. The van der Waals surface area contributed by atoms with Crippen molar-refractivity contribution in [2.24, 2.45) is 17.1 Å². The van der Waals surface area contributed by atoms with Crippen LogP contribution < -0.4 is 5.73 Å². The van der Waals surface area contributed by atoms with Crippen LogP contribution in [-0.2, 0) is 9.53 Å². The van der Waals surface area contributed by atoms with Gasteiger partial charge in [-0.05, 0) is 12.8 Å². The molecule has 0 aromatic carbocycles. The van der Waals surface area contributed by atoms with E-state index in [1.54, 1.807) is 6.92 Å². The minimum absolute atomic E-state index is 0.0468. The van der Waals surface area contributed by atoms with Gasteiger partial charge in [0.2, 0.25) is 0 Å². The van der Waals surface area contributed by atoms with Gasteiger partial charge in [0, 0.05) is 6.54 Å². The van der Waals surface area contributed by atoms with Crippen LogP contribution >= 0.6 is 0 Å². The number of alkyl halides is 3. The van der Waals surface area contributed by atoms with E-state index in [9.17, 15) is 18.0 Å². The summed E-state index contributed by atoms with van der Waals surface area (Å²) in [5.74, 6) is -1.40. The van der Waals surface area contributed by atoms with Crippen molar-refractivity contribution >= 4 is 5.97 Å². The maximum atomic E-state index is 12.4. The molecule has 3 nitrogen and oxygen atoms in total. The molecule has 2 N–H and O–H groups in total. The summed E-state index contributed by atoms with van der Waals surface area (Å²) in [5.41, 5.74) is 3.67. The molecular weight excluding hydrogens is 223 g/mol. The summed E-state index contributed by atoms with van der Waals surface area (Å²) >= 11 is 0. The number of carbonyl (C=O) groups excluding carboxylic acids is 1. The van der Waals surface area contributed by atoms with Crippen LogP contribution in [0.1, 0.15) is 27.2 Å². The van der Waals surface area contributed by atoms with Crippen molar-refractivity contribution in [2.45, 2.75) is 33.4 Å². The van der Waals surface area contributed by atoms with Gasteiger partial charge in [-0.2, -0.15) is 13.2 Å². The Balaban J connectivity index is 5.08. The molecule has 0 aromatic rings. The third kappa shape index (κ3) is 3.66. The number of halogens is 3. The van der Waals surface area contributed by atoms with Crippen LogP contribution in [0.4, 0.5) is 13.2 Å².